The molecule has 0 aromatic heterocycles. The fraction of sp³-hybridized carbons (Fsp3) is 0.786. The van der Waals surface area contributed by atoms with E-state index in [0.717, 1.165) is 6.92 Å². The third-order valence-electron chi connectivity index (χ3n) is 4.55. The first-order valence-corrected chi connectivity index (χ1v) is 7.44. The zero-order valence-corrected chi connectivity index (χ0v) is 14.4. The van der Waals surface area contributed by atoms with Crippen LogP contribution in [0, 0.1) is 0 Å². The molecular weight excluding hydrogens is 445 g/mol. The summed E-state index contributed by atoms with van der Waals surface area (Å²) < 4.78 is 172. The maximum Gasteiger partial charge on any atom is 0.460 e. The molecule has 0 spiro atoms. The van der Waals surface area contributed by atoms with Crippen LogP contribution < -0.4 is 0 Å². The third kappa shape index (κ3) is 2.97. The summed E-state index contributed by atoms with van der Waals surface area (Å²) in [5, 5.41) is 0. The molecule has 0 aliphatic carbocycles. The van der Waals surface area contributed by atoms with Gasteiger partial charge in [0.1, 0.15) is 5.54 Å². The topological polar surface area (TPSA) is 20.1 Å². The molecule has 15 heteroatoms. The molecule has 0 saturated carbocycles. The van der Waals surface area contributed by atoms with Crippen LogP contribution in [0.15, 0.2) is 12.2 Å². The number of hydrogen-bond acceptors (Lipinski definition) is 1. The fourth-order valence-corrected chi connectivity index (χ4v) is 2.58. The van der Waals surface area contributed by atoms with E-state index in [0.29, 0.717) is 6.92 Å². The highest BCUT2D eigenvalue weighted by molar-refractivity contribution is 5.95. The Balaban J connectivity index is 3.55. The SMILES string of the molecule is C=C(C)C(=O)N1CC1(CC)C(F)(F)C(F)(F)C(F)(F)C(F)(F)C(F)(F)C(F)(F)F. The van der Waals surface area contributed by atoms with Crippen molar-refractivity contribution in [3.05, 3.63) is 12.2 Å². The van der Waals surface area contributed by atoms with Crippen molar-refractivity contribution in [3.63, 3.8) is 0 Å². The monoisotopic (exact) mass is 457 g/mol. The van der Waals surface area contributed by atoms with E-state index in [-0.39, 0.29) is 4.90 Å². The number of halogens is 13. The minimum Gasteiger partial charge on any atom is -0.323 e. The van der Waals surface area contributed by atoms with Gasteiger partial charge in [-0.3, -0.25) is 4.79 Å². The fourth-order valence-electron chi connectivity index (χ4n) is 2.58. The van der Waals surface area contributed by atoms with Gasteiger partial charge in [-0.1, -0.05) is 13.5 Å². The molecule has 0 bridgehead atoms. The van der Waals surface area contributed by atoms with Gasteiger partial charge in [-0.25, -0.2) is 0 Å². The average Bonchev–Trinajstić information content (AvgIpc) is 3.28. The molecule has 2 nitrogen and oxygen atoms in total. The molecule has 0 N–H and O–H groups in total. The lowest BCUT2D eigenvalue weighted by atomic mass is 9.85. The zero-order chi connectivity index (χ0) is 23.6. The van der Waals surface area contributed by atoms with Crippen molar-refractivity contribution < 1.29 is 61.9 Å². The summed E-state index contributed by atoms with van der Waals surface area (Å²) in [7, 11) is 0. The number of alkyl halides is 13. The number of carbonyl (C=O) groups is 1. The van der Waals surface area contributed by atoms with Gasteiger partial charge in [-0.15, -0.1) is 0 Å². The first-order valence-electron chi connectivity index (χ1n) is 7.44. The van der Waals surface area contributed by atoms with Crippen LogP contribution in [-0.2, 0) is 4.79 Å². The molecule has 1 saturated heterocycles. The van der Waals surface area contributed by atoms with Gasteiger partial charge < -0.3 is 4.90 Å². The van der Waals surface area contributed by atoms with Crippen molar-refractivity contribution in [3.8, 4) is 0 Å². The zero-order valence-electron chi connectivity index (χ0n) is 14.4. The van der Waals surface area contributed by atoms with Crippen LogP contribution in [0.2, 0.25) is 0 Å². The quantitative estimate of drug-likeness (QED) is 0.289. The largest absolute Gasteiger partial charge is 0.460 e. The average molecular weight is 457 g/mol. The lowest BCUT2D eigenvalue weighted by Crippen LogP contribution is -2.72. The van der Waals surface area contributed by atoms with Crippen molar-refractivity contribution in [1.82, 2.24) is 4.90 Å². The smallest absolute Gasteiger partial charge is 0.323 e. The van der Waals surface area contributed by atoms with Crippen LogP contribution in [-0.4, -0.2) is 58.7 Å². The summed E-state index contributed by atoms with van der Waals surface area (Å²) in [6, 6.07) is 0. The maximum absolute atomic E-state index is 14.3. The third-order valence-corrected chi connectivity index (χ3v) is 4.55. The molecule has 1 aliphatic rings. The van der Waals surface area contributed by atoms with Gasteiger partial charge in [0.15, 0.2) is 0 Å². The Bertz CT molecular complexity index is 696. The van der Waals surface area contributed by atoms with Gasteiger partial charge in [-0.2, -0.15) is 57.1 Å². The van der Waals surface area contributed by atoms with Crippen LogP contribution in [0.25, 0.3) is 0 Å². The summed E-state index contributed by atoms with van der Waals surface area (Å²) in [6.07, 6.45) is -8.71. The molecule has 1 atom stereocenters. The molecule has 1 aliphatic heterocycles. The molecule has 0 aromatic carbocycles. The summed E-state index contributed by atoms with van der Waals surface area (Å²) in [4.78, 5) is 11.5. The van der Waals surface area contributed by atoms with Crippen LogP contribution in [0.4, 0.5) is 57.1 Å². The Hall–Kier alpha value is -1.70. The van der Waals surface area contributed by atoms with Crippen molar-refractivity contribution >= 4 is 5.91 Å². The predicted molar refractivity (Wildman–Crippen MR) is 70.3 cm³/mol. The molecule has 0 aromatic rings. The standard InChI is InChI=1S/C14H12F13NO/c1-4-8(5-28(8)7(29)6(2)3)9(15,16)10(17,18)11(19,20)12(21,22)13(23,24)14(25,26)27/h2,4-5H2,1,3H3. The van der Waals surface area contributed by atoms with Crippen LogP contribution in [0.3, 0.4) is 0 Å². The molecule has 1 heterocycles. The Labute approximate surface area is 154 Å². The van der Waals surface area contributed by atoms with E-state index in [1.807, 2.05) is 0 Å². The van der Waals surface area contributed by atoms with E-state index >= 15 is 0 Å². The van der Waals surface area contributed by atoms with E-state index in [2.05, 4.69) is 6.58 Å². The lowest BCUT2D eigenvalue weighted by Gasteiger charge is -2.41. The molecule has 29 heavy (non-hydrogen) atoms. The number of amides is 1. The van der Waals surface area contributed by atoms with E-state index < -0.39 is 65.8 Å². The van der Waals surface area contributed by atoms with E-state index in [4.69, 9.17) is 0 Å². The highest BCUT2D eigenvalue weighted by Gasteiger charge is 2.94. The maximum atomic E-state index is 14.3. The van der Waals surface area contributed by atoms with Crippen molar-refractivity contribution in [2.75, 3.05) is 6.54 Å². The Morgan fingerprint density at radius 3 is 1.52 bits per heavy atom. The highest BCUT2D eigenvalue weighted by Crippen LogP contribution is 2.64. The van der Waals surface area contributed by atoms with E-state index in [1.54, 1.807) is 0 Å². The molecule has 1 unspecified atom stereocenters. The molecule has 1 fully saturated rings. The van der Waals surface area contributed by atoms with Gasteiger partial charge in [0.25, 0.3) is 0 Å². The highest BCUT2D eigenvalue weighted by atomic mass is 19.4. The van der Waals surface area contributed by atoms with Gasteiger partial charge in [0, 0.05) is 5.57 Å². The van der Waals surface area contributed by atoms with Gasteiger partial charge >= 0.3 is 35.8 Å². The van der Waals surface area contributed by atoms with Crippen LogP contribution in [0.5, 0.6) is 0 Å². The summed E-state index contributed by atoms with van der Waals surface area (Å²) in [6.45, 7) is 3.18. The van der Waals surface area contributed by atoms with E-state index in [9.17, 15) is 61.9 Å². The number of rotatable bonds is 7. The van der Waals surface area contributed by atoms with Crippen LogP contribution in [0.1, 0.15) is 20.3 Å². The Morgan fingerprint density at radius 2 is 1.21 bits per heavy atom. The first kappa shape index (κ1) is 25.3. The van der Waals surface area contributed by atoms with Gasteiger partial charge in [0.2, 0.25) is 5.91 Å². The molecule has 1 amide bonds. The minimum atomic E-state index is -7.96. The second-order valence-corrected chi connectivity index (χ2v) is 6.43. The van der Waals surface area contributed by atoms with Crippen molar-refractivity contribution in [1.29, 1.82) is 0 Å². The molecular formula is C14H12F13NO. The lowest BCUT2D eigenvalue weighted by molar-refractivity contribution is -0.442. The number of nitrogens with zero attached hydrogens (tertiary/aromatic N) is 1. The van der Waals surface area contributed by atoms with Gasteiger partial charge in [0.05, 0.1) is 6.54 Å². The van der Waals surface area contributed by atoms with Crippen molar-refractivity contribution in [2.45, 2.75) is 61.6 Å². The summed E-state index contributed by atoms with van der Waals surface area (Å²) >= 11 is 0. The molecule has 170 valence electrons. The van der Waals surface area contributed by atoms with Crippen molar-refractivity contribution in [2.24, 2.45) is 0 Å². The van der Waals surface area contributed by atoms with Crippen LogP contribution >= 0.6 is 0 Å². The summed E-state index contributed by atoms with van der Waals surface area (Å²) in [5.41, 5.74) is -4.07. The predicted octanol–water partition coefficient (Wildman–Crippen LogP) is 5.29. The second-order valence-electron chi connectivity index (χ2n) is 6.43. The second kappa shape index (κ2) is 6.40. The van der Waals surface area contributed by atoms with Gasteiger partial charge in [-0.05, 0) is 13.3 Å². The number of hydrogen-bond donors (Lipinski definition) is 0. The summed E-state index contributed by atoms with van der Waals surface area (Å²) in [5.74, 6) is -38.8. The van der Waals surface area contributed by atoms with E-state index in [1.165, 1.54) is 0 Å². The Kier molecular flexibility index (Phi) is 5.59. The Morgan fingerprint density at radius 1 is 0.828 bits per heavy atom. The molecule has 1 rings (SSSR count). The minimum absolute atomic E-state index is 0.140. The first-order chi connectivity index (χ1) is 12.5. The normalized spacial score (nSPS) is 22.0. The molecule has 0 radical (unpaired) electrons. The number of carbonyl (C=O) groups excluding carboxylic acids is 1.